The lowest BCUT2D eigenvalue weighted by Gasteiger charge is -2.01. The molecular weight excluding hydrogens is 202 g/mol. The highest BCUT2D eigenvalue weighted by atomic mass is 16.1. The Balaban J connectivity index is 2.20. The number of imidazole rings is 1. The number of primary amides is 1. The first-order valence-corrected chi connectivity index (χ1v) is 4.81. The van der Waals surface area contributed by atoms with E-state index in [-0.39, 0.29) is 0 Å². The first kappa shape index (κ1) is 10.2. The fourth-order valence-corrected chi connectivity index (χ4v) is 1.35. The van der Waals surface area contributed by atoms with Crippen LogP contribution in [0.2, 0.25) is 0 Å². The highest BCUT2D eigenvalue weighted by Gasteiger charge is 1.94. The molecule has 1 aromatic heterocycles. The minimum Gasteiger partial charge on any atom is -0.366 e. The van der Waals surface area contributed by atoms with Gasteiger partial charge in [-0.25, -0.2) is 4.98 Å². The predicted molar refractivity (Wildman–Crippen MR) is 61.8 cm³/mol. The van der Waals surface area contributed by atoms with Crippen LogP contribution in [0.15, 0.2) is 49.1 Å². The molecule has 1 amide bonds. The smallest absolute Gasteiger partial charge is 0.241 e. The van der Waals surface area contributed by atoms with Crippen molar-refractivity contribution in [3.05, 3.63) is 54.6 Å². The second-order valence-electron chi connectivity index (χ2n) is 3.30. The maximum absolute atomic E-state index is 10.5. The molecule has 0 spiro atoms. The van der Waals surface area contributed by atoms with Crippen LogP contribution in [0.25, 0.3) is 11.8 Å². The lowest BCUT2D eigenvalue weighted by atomic mass is 10.2. The van der Waals surface area contributed by atoms with Crippen molar-refractivity contribution in [1.82, 2.24) is 9.55 Å². The molecule has 0 radical (unpaired) electrons. The number of carbonyl (C=O) groups excluding carboxylic acids is 1. The number of rotatable bonds is 3. The van der Waals surface area contributed by atoms with Gasteiger partial charge >= 0.3 is 0 Å². The van der Waals surface area contributed by atoms with Crippen molar-refractivity contribution in [1.29, 1.82) is 0 Å². The molecule has 2 aromatic rings. The minimum absolute atomic E-state index is 0.446. The van der Waals surface area contributed by atoms with Crippen molar-refractivity contribution >= 4 is 12.0 Å². The van der Waals surface area contributed by atoms with Crippen LogP contribution < -0.4 is 5.73 Å². The van der Waals surface area contributed by atoms with Gasteiger partial charge < -0.3 is 10.3 Å². The lowest BCUT2D eigenvalue weighted by molar-refractivity contribution is -0.113. The quantitative estimate of drug-likeness (QED) is 0.783. The molecule has 2 N–H and O–H groups in total. The summed E-state index contributed by atoms with van der Waals surface area (Å²) in [6, 6.07) is 7.72. The number of amides is 1. The molecule has 0 fully saturated rings. The monoisotopic (exact) mass is 213 g/mol. The molecule has 80 valence electrons. The van der Waals surface area contributed by atoms with Crippen molar-refractivity contribution in [2.45, 2.75) is 0 Å². The van der Waals surface area contributed by atoms with Crippen molar-refractivity contribution in [3.8, 4) is 5.69 Å². The van der Waals surface area contributed by atoms with Gasteiger partial charge in [-0.15, -0.1) is 0 Å². The summed E-state index contributed by atoms with van der Waals surface area (Å²) >= 11 is 0. The summed E-state index contributed by atoms with van der Waals surface area (Å²) in [5.74, 6) is -0.446. The first-order valence-electron chi connectivity index (χ1n) is 4.81. The Kier molecular flexibility index (Phi) is 2.82. The molecule has 0 unspecified atom stereocenters. The van der Waals surface area contributed by atoms with E-state index >= 15 is 0 Å². The molecule has 16 heavy (non-hydrogen) atoms. The Morgan fingerprint density at radius 2 is 2.06 bits per heavy atom. The number of benzene rings is 1. The van der Waals surface area contributed by atoms with E-state index in [0.717, 1.165) is 11.3 Å². The fourth-order valence-electron chi connectivity index (χ4n) is 1.35. The van der Waals surface area contributed by atoms with Crippen LogP contribution in [0, 0.1) is 0 Å². The average molecular weight is 213 g/mol. The molecule has 0 atom stereocenters. The molecule has 1 heterocycles. The average Bonchev–Trinajstić information content (AvgIpc) is 2.80. The van der Waals surface area contributed by atoms with Crippen molar-refractivity contribution in [3.63, 3.8) is 0 Å². The summed E-state index contributed by atoms with van der Waals surface area (Å²) < 4.78 is 1.90. The van der Waals surface area contributed by atoms with Crippen LogP contribution in [0.4, 0.5) is 0 Å². The van der Waals surface area contributed by atoms with Gasteiger partial charge in [0.15, 0.2) is 0 Å². The Morgan fingerprint density at radius 1 is 1.31 bits per heavy atom. The van der Waals surface area contributed by atoms with E-state index in [2.05, 4.69) is 4.98 Å². The van der Waals surface area contributed by atoms with Crippen LogP contribution in [0.1, 0.15) is 5.56 Å². The van der Waals surface area contributed by atoms with Crippen LogP contribution in [0.3, 0.4) is 0 Å². The van der Waals surface area contributed by atoms with Crippen LogP contribution >= 0.6 is 0 Å². The third-order valence-electron chi connectivity index (χ3n) is 2.14. The normalized spacial score (nSPS) is 10.8. The Labute approximate surface area is 93.0 Å². The summed E-state index contributed by atoms with van der Waals surface area (Å²) in [6.45, 7) is 0. The number of carbonyl (C=O) groups is 1. The van der Waals surface area contributed by atoms with Gasteiger partial charge in [-0.3, -0.25) is 4.79 Å². The third kappa shape index (κ3) is 2.36. The Bertz CT molecular complexity index is 498. The number of nitrogens with two attached hydrogens (primary N) is 1. The molecule has 1 aromatic carbocycles. The van der Waals surface area contributed by atoms with Gasteiger partial charge in [0.25, 0.3) is 0 Å². The van der Waals surface area contributed by atoms with E-state index in [4.69, 9.17) is 5.73 Å². The number of hydrogen-bond acceptors (Lipinski definition) is 2. The molecule has 0 aliphatic carbocycles. The van der Waals surface area contributed by atoms with E-state index < -0.39 is 5.91 Å². The predicted octanol–water partition coefficient (Wildman–Crippen LogP) is 1.37. The number of hydrogen-bond donors (Lipinski definition) is 1. The van der Waals surface area contributed by atoms with Crippen molar-refractivity contribution < 1.29 is 4.79 Å². The topological polar surface area (TPSA) is 60.9 Å². The van der Waals surface area contributed by atoms with Gasteiger partial charge in [-0.2, -0.15) is 0 Å². The highest BCUT2D eigenvalue weighted by molar-refractivity contribution is 5.90. The third-order valence-corrected chi connectivity index (χ3v) is 2.14. The SMILES string of the molecule is NC(=O)C=Cc1ccc(-n2ccnc2)cc1. The van der Waals surface area contributed by atoms with E-state index in [1.807, 2.05) is 35.0 Å². The molecule has 0 saturated carbocycles. The zero-order valence-corrected chi connectivity index (χ0v) is 8.58. The van der Waals surface area contributed by atoms with E-state index in [0.29, 0.717) is 0 Å². The Hall–Kier alpha value is -2.36. The Morgan fingerprint density at radius 3 is 2.62 bits per heavy atom. The summed E-state index contributed by atoms with van der Waals surface area (Å²) in [5, 5.41) is 0. The molecule has 2 rings (SSSR count). The van der Waals surface area contributed by atoms with E-state index in [9.17, 15) is 4.79 Å². The van der Waals surface area contributed by atoms with Gasteiger partial charge in [0.05, 0.1) is 6.33 Å². The summed E-state index contributed by atoms with van der Waals surface area (Å²) in [5.41, 5.74) is 6.96. The van der Waals surface area contributed by atoms with Gasteiger partial charge in [-0.1, -0.05) is 12.1 Å². The molecule has 0 aliphatic heterocycles. The molecule has 4 nitrogen and oxygen atoms in total. The minimum atomic E-state index is -0.446. The lowest BCUT2D eigenvalue weighted by Crippen LogP contribution is -2.05. The zero-order chi connectivity index (χ0) is 11.4. The molecular formula is C12H11N3O. The largest absolute Gasteiger partial charge is 0.366 e. The van der Waals surface area contributed by atoms with Crippen LogP contribution in [-0.4, -0.2) is 15.5 Å². The van der Waals surface area contributed by atoms with Crippen molar-refractivity contribution in [2.24, 2.45) is 5.73 Å². The summed E-state index contributed by atoms with van der Waals surface area (Å²) in [7, 11) is 0. The van der Waals surface area contributed by atoms with Gasteiger partial charge in [0, 0.05) is 24.2 Å². The summed E-state index contributed by atoms with van der Waals surface area (Å²) in [6.07, 6.45) is 8.34. The van der Waals surface area contributed by atoms with Crippen LogP contribution in [0.5, 0.6) is 0 Å². The standard InChI is InChI=1S/C12H11N3O/c13-12(16)6-3-10-1-4-11(5-2-10)15-8-7-14-9-15/h1-9H,(H2,13,16). The van der Waals surface area contributed by atoms with E-state index in [1.165, 1.54) is 6.08 Å². The molecule has 0 aliphatic rings. The second-order valence-corrected chi connectivity index (χ2v) is 3.30. The first-order chi connectivity index (χ1) is 7.75. The number of nitrogens with zero attached hydrogens (tertiary/aromatic N) is 2. The van der Waals surface area contributed by atoms with Gasteiger partial charge in [-0.05, 0) is 23.8 Å². The molecule has 0 bridgehead atoms. The van der Waals surface area contributed by atoms with Gasteiger partial charge in [0.1, 0.15) is 0 Å². The molecule has 0 saturated heterocycles. The van der Waals surface area contributed by atoms with E-state index in [1.54, 1.807) is 18.6 Å². The molecule has 4 heteroatoms. The highest BCUT2D eigenvalue weighted by Crippen LogP contribution is 2.10. The zero-order valence-electron chi connectivity index (χ0n) is 8.58. The van der Waals surface area contributed by atoms with Crippen LogP contribution in [-0.2, 0) is 4.79 Å². The second kappa shape index (κ2) is 4.44. The van der Waals surface area contributed by atoms with Gasteiger partial charge in [0.2, 0.25) is 5.91 Å². The fraction of sp³-hybridized carbons (Fsp3) is 0. The van der Waals surface area contributed by atoms with Crippen molar-refractivity contribution in [2.75, 3.05) is 0 Å². The number of aromatic nitrogens is 2. The maximum Gasteiger partial charge on any atom is 0.241 e. The summed E-state index contributed by atoms with van der Waals surface area (Å²) in [4.78, 5) is 14.5. The maximum atomic E-state index is 10.5.